The van der Waals surface area contributed by atoms with Crippen LogP contribution < -0.4 is 4.90 Å². The molecule has 21 heavy (non-hydrogen) atoms. The van der Waals surface area contributed by atoms with Gasteiger partial charge in [-0.2, -0.15) is 0 Å². The van der Waals surface area contributed by atoms with Gasteiger partial charge in [-0.1, -0.05) is 12.1 Å². The molecule has 2 rings (SSSR count). The molecule has 0 saturated heterocycles. The van der Waals surface area contributed by atoms with Gasteiger partial charge in [-0.05, 0) is 19.1 Å². The van der Waals surface area contributed by atoms with Gasteiger partial charge in [0.05, 0.1) is 12.2 Å². The number of anilines is 1. The zero-order valence-electron chi connectivity index (χ0n) is 12.1. The van der Waals surface area contributed by atoms with Crippen LogP contribution in [-0.4, -0.2) is 36.6 Å². The fourth-order valence-corrected chi connectivity index (χ4v) is 1.84. The molecule has 0 aliphatic heterocycles. The van der Waals surface area contributed by atoms with Crippen LogP contribution in [0.1, 0.15) is 17.3 Å². The lowest BCUT2D eigenvalue weighted by atomic mass is 10.2. The van der Waals surface area contributed by atoms with Gasteiger partial charge >= 0.3 is 5.97 Å². The fourth-order valence-electron chi connectivity index (χ4n) is 1.84. The van der Waals surface area contributed by atoms with Gasteiger partial charge in [-0.3, -0.25) is 0 Å². The van der Waals surface area contributed by atoms with Crippen molar-refractivity contribution >= 4 is 11.8 Å². The van der Waals surface area contributed by atoms with Crippen molar-refractivity contribution in [3.8, 4) is 11.4 Å². The highest BCUT2D eigenvalue weighted by atomic mass is 19.1. The minimum absolute atomic E-state index is 0.227. The van der Waals surface area contributed by atoms with Crippen molar-refractivity contribution in [2.75, 3.05) is 25.6 Å². The largest absolute Gasteiger partial charge is 0.462 e. The molecule has 1 heterocycles. The first kappa shape index (κ1) is 14.9. The third-order valence-corrected chi connectivity index (χ3v) is 2.80. The van der Waals surface area contributed by atoms with E-state index in [2.05, 4.69) is 9.97 Å². The molecule has 1 aromatic carbocycles. The van der Waals surface area contributed by atoms with Crippen LogP contribution in [0.25, 0.3) is 11.4 Å². The van der Waals surface area contributed by atoms with E-state index in [9.17, 15) is 9.18 Å². The summed E-state index contributed by atoms with van der Waals surface area (Å²) in [5.41, 5.74) is 0.540. The smallest absolute Gasteiger partial charge is 0.343 e. The minimum Gasteiger partial charge on any atom is -0.462 e. The standard InChI is InChI=1S/C15H16FN3O2/c1-4-21-15(20)11-9-17-13(18-14(11)19(2)3)10-7-5-6-8-12(10)16/h5-9H,4H2,1-3H3. The number of hydrogen-bond acceptors (Lipinski definition) is 5. The van der Waals surface area contributed by atoms with Gasteiger partial charge in [0.15, 0.2) is 5.82 Å². The van der Waals surface area contributed by atoms with Crippen LogP contribution in [0, 0.1) is 5.82 Å². The Morgan fingerprint density at radius 2 is 2.05 bits per heavy atom. The predicted molar refractivity (Wildman–Crippen MR) is 77.7 cm³/mol. The van der Waals surface area contributed by atoms with E-state index in [0.717, 1.165) is 0 Å². The lowest BCUT2D eigenvalue weighted by molar-refractivity contribution is 0.0526. The van der Waals surface area contributed by atoms with Crippen molar-refractivity contribution in [3.63, 3.8) is 0 Å². The average molecular weight is 289 g/mol. The summed E-state index contributed by atoms with van der Waals surface area (Å²) >= 11 is 0. The first-order chi connectivity index (χ1) is 10.0. The second-order valence-corrected chi connectivity index (χ2v) is 4.53. The fraction of sp³-hybridized carbons (Fsp3) is 0.267. The van der Waals surface area contributed by atoms with Gasteiger partial charge in [-0.25, -0.2) is 19.2 Å². The Hall–Kier alpha value is -2.50. The second-order valence-electron chi connectivity index (χ2n) is 4.53. The van der Waals surface area contributed by atoms with E-state index in [1.54, 1.807) is 44.1 Å². The third-order valence-electron chi connectivity index (χ3n) is 2.80. The highest BCUT2D eigenvalue weighted by molar-refractivity contribution is 5.94. The van der Waals surface area contributed by atoms with E-state index < -0.39 is 11.8 Å². The number of halogens is 1. The molecule has 110 valence electrons. The van der Waals surface area contributed by atoms with Crippen molar-refractivity contribution in [3.05, 3.63) is 41.8 Å². The average Bonchev–Trinajstić information content (AvgIpc) is 2.47. The molecule has 2 aromatic rings. The van der Waals surface area contributed by atoms with Crippen LogP contribution in [0.3, 0.4) is 0 Å². The zero-order chi connectivity index (χ0) is 15.4. The Bertz CT molecular complexity index is 659. The highest BCUT2D eigenvalue weighted by Crippen LogP contribution is 2.23. The molecule has 5 nitrogen and oxygen atoms in total. The van der Waals surface area contributed by atoms with E-state index >= 15 is 0 Å². The summed E-state index contributed by atoms with van der Waals surface area (Å²) < 4.78 is 18.8. The van der Waals surface area contributed by atoms with Gasteiger partial charge in [0, 0.05) is 20.3 Å². The number of nitrogens with zero attached hydrogens (tertiary/aromatic N) is 3. The number of carbonyl (C=O) groups is 1. The molecule has 1 aromatic heterocycles. The molecule has 0 bridgehead atoms. The molecule has 0 unspecified atom stereocenters. The molecule has 0 amide bonds. The van der Waals surface area contributed by atoms with Gasteiger partial charge in [-0.15, -0.1) is 0 Å². The maximum absolute atomic E-state index is 13.8. The van der Waals surface area contributed by atoms with Crippen molar-refractivity contribution in [2.24, 2.45) is 0 Å². The Morgan fingerprint density at radius 3 is 2.67 bits per heavy atom. The maximum Gasteiger partial charge on any atom is 0.343 e. The van der Waals surface area contributed by atoms with Gasteiger partial charge in [0.1, 0.15) is 17.2 Å². The Labute approximate surface area is 122 Å². The number of esters is 1. The number of rotatable bonds is 4. The van der Waals surface area contributed by atoms with Gasteiger partial charge in [0.2, 0.25) is 0 Å². The molecule has 6 heteroatoms. The highest BCUT2D eigenvalue weighted by Gasteiger charge is 2.18. The van der Waals surface area contributed by atoms with E-state index in [1.807, 2.05) is 0 Å². The lowest BCUT2D eigenvalue weighted by Gasteiger charge is -2.16. The van der Waals surface area contributed by atoms with E-state index in [1.165, 1.54) is 12.3 Å². The van der Waals surface area contributed by atoms with Crippen LogP contribution in [-0.2, 0) is 4.74 Å². The van der Waals surface area contributed by atoms with E-state index in [4.69, 9.17) is 4.74 Å². The normalized spacial score (nSPS) is 10.3. The summed E-state index contributed by atoms with van der Waals surface area (Å²) in [5.74, 6) is -0.293. The molecule has 0 N–H and O–H groups in total. The molecule has 0 spiro atoms. The summed E-state index contributed by atoms with van der Waals surface area (Å²) in [4.78, 5) is 21.9. The van der Waals surface area contributed by atoms with E-state index in [-0.39, 0.29) is 23.6 Å². The summed E-state index contributed by atoms with van der Waals surface area (Å²) in [6.45, 7) is 1.99. The first-order valence-electron chi connectivity index (χ1n) is 6.51. The molecule has 0 aliphatic carbocycles. The summed E-state index contributed by atoms with van der Waals surface area (Å²) in [5, 5.41) is 0. The molecule has 0 saturated carbocycles. The summed E-state index contributed by atoms with van der Waals surface area (Å²) in [7, 11) is 3.49. The monoisotopic (exact) mass is 289 g/mol. The number of benzene rings is 1. The number of carbonyl (C=O) groups excluding carboxylic acids is 1. The van der Waals surface area contributed by atoms with Crippen LogP contribution in [0.5, 0.6) is 0 Å². The quantitative estimate of drug-likeness (QED) is 0.810. The van der Waals surface area contributed by atoms with Crippen molar-refractivity contribution < 1.29 is 13.9 Å². The van der Waals surface area contributed by atoms with Crippen LogP contribution in [0.2, 0.25) is 0 Å². The molecule has 0 atom stereocenters. The van der Waals surface area contributed by atoms with Gasteiger partial charge in [0.25, 0.3) is 0 Å². The zero-order valence-corrected chi connectivity index (χ0v) is 12.1. The minimum atomic E-state index is -0.499. The molecule has 0 fully saturated rings. The topological polar surface area (TPSA) is 55.3 Å². The Morgan fingerprint density at radius 1 is 1.33 bits per heavy atom. The first-order valence-corrected chi connectivity index (χ1v) is 6.51. The SMILES string of the molecule is CCOC(=O)c1cnc(-c2ccccc2F)nc1N(C)C. The van der Waals surface area contributed by atoms with Crippen molar-refractivity contribution in [1.82, 2.24) is 9.97 Å². The molecule has 0 aliphatic rings. The van der Waals surface area contributed by atoms with E-state index in [0.29, 0.717) is 5.82 Å². The Kier molecular flexibility index (Phi) is 4.47. The number of aromatic nitrogens is 2. The predicted octanol–water partition coefficient (Wildman–Crippen LogP) is 2.53. The van der Waals surface area contributed by atoms with Crippen molar-refractivity contribution in [1.29, 1.82) is 0 Å². The van der Waals surface area contributed by atoms with Crippen molar-refractivity contribution in [2.45, 2.75) is 6.92 Å². The lowest BCUT2D eigenvalue weighted by Crippen LogP contribution is -2.18. The number of ether oxygens (including phenoxy) is 1. The third kappa shape index (κ3) is 3.16. The second kappa shape index (κ2) is 6.30. The summed E-state index contributed by atoms with van der Waals surface area (Å²) in [6.07, 6.45) is 1.36. The summed E-state index contributed by atoms with van der Waals surface area (Å²) in [6, 6.07) is 6.23. The van der Waals surface area contributed by atoms with Crippen LogP contribution in [0.4, 0.5) is 10.2 Å². The van der Waals surface area contributed by atoms with Crippen LogP contribution in [0.15, 0.2) is 30.5 Å². The molecular formula is C15H16FN3O2. The Balaban J connectivity index is 2.51. The van der Waals surface area contributed by atoms with Gasteiger partial charge < -0.3 is 9.64 Å². The molecular weight excluding hydrogens is 273 g/mol. The maximum atomic E-state index is 13.8. The molecule has 0 radical (unpaired) electrons. The van der Waals surface area contributed by atoms with Crippen LogP contribution >= 0.6 is 0 Å². The number of hydrogen-bond donors (Lipinski definition) is 0.